The van der Waals surface area contributed by atoms with E-state index < -0.39 is 0 Å². The Bertz CT molecular complexity index is 1250. The molecule has 2 heterocycles. The van der Waals surface area contributed by atoms with Gasteiger partial charge in [0, 0.05) is 21.7 Å². The van der Waals surface area contributed by atoms with Gasteiger partial charge in [0.05, 0.1) is 22.5 Å². The molecule has 30 heavy (non-hydrogen) atoms. The van der Waals surface area contributed by atoms with E-state index in [0.29, 0.717) is 21.8 Å². The molecule has 0 aliphatic carbocycles. The number of hydrogen-bond acceptors (Lipinski definition) is 5. The number of rotatable bonds is 4. The fourth-order valence-electron chi connectivity index (χ4n) is 3.35. The highest BCUT2D eigenvalue weighted by molar-refractivity contribution is 7.14. The number of benzene rings is 3. The maximum Gasteiger partial charge on any atom is 0.266 e. The summed E-state index contributed by atoms with van der Waals surface area (Å²) >= 11 is 7.39. The van der Waals surface area contributed by atoms with Gasteiger partial charge in [-0.3, -0.25) is 9.59 Å². The number of carbonyl (C=O) groups excluding carboxylic acids is 2. The summed E-state index contributed by atoms with van der Waals surface area (Å²) < 4.78 is 0. The molecule has 0 atom stereocenters. The van der Waals surface area contributed by atoms with E-state index in [1.54, 1.807) is 30.3 Å². The number of hydrogen-bond donors (Lipinski definition) is 1. The second-order valence-electron chi connectivity index (χ2n) is 6.71. The molecule has 7 heteroatoms. The number of amides is 2. The molecule has 5 rings (SSSR count). The van der Waals surface area contributed by atoms with Gasteiger partial charge in [-0.15, -0.1) is 11.3 Å². The van der Waals surface area contributed by atoms with Crippen molar-refractivity contribution in [1.29, 1.82) is 0 Å². The number of halogens is 1. The van der Waals surface area contributed by atoms with Gasteiger partial charge in [0.2, 0.25) is 0 Å². The molecule has 0 saturated carbocycles. The topological polar surface area (TPSA) is 62.3 Å². The van der Waals surface area contributed by atoms with Crippen LogP contribution in [0.15, 0.2) is 78.2 Å². The SMILES string of the molecule is O=C1c2ccccc2C(=O)N1c1cccc(-c2csc(Nc3ccc(Cl)cc3)n2)c1. The lowest BCUT2D eigenvalue weighted by atomic mass is 10.1. The normalized spacial score (nSPS) is 12.9. The molecule has 4 aromatic rings. The first-order valence-electron chi connectivity index (χ1n) is 9.16. The van der Waals surface area contributed by atoms with Crippen molar-refractivity contribution in [2.75, 3.05) is 10.2 Å². The van der Waals surface area contributed by atoms with Crippen molar-refractivity contribution in [1.82, 2.24) is 4.98 Å². The van der Waals surface area contributed by atoms with Crippen molar-refractivity contribution in [3.05, 3.63) is 94.3 Å². The molecular weight excluding hydrogens is 418 g/mol. The molecule has 0 saturated heterocycles. The van der Waals surface area contributed by atoms with E-state index in [4.69, 9.17) is 11.6 Å². The van der Waals surface area contributed by atoms with Crippen molar-refractivity contribution in [3.8, 4) is 11.3 Å². The summed E-state index contributed by atoms with van der Waals surface area (Å²) in [6.07, 6.45) is 0. The van der Waals surface area contributed by atoms with Gasteiger partial charge in [-0.25, -0.2) is 9.88 Å². The summed E-state index contributed by atoms with van der Waals surface area (Å²) in [7, 11) is 0. The first-order chi connectivity index (χ1) is 14.6. The lowest BCUT2D eigenvalue weighted by Crippen LogP contribution is -2.29. The van der Waals surface area contributed by atoms with Gasteiger partial charge in [0.15, 0.2) is 5.13 Å². The maximum absolute atomic E-state index is 12.8. The predicted molar refractivity (Wildman–Crippen MR) is 120 cm³/mol. The second-order valence-corrected chi connectivity index (χ2v) is 8.01. The quantitative estimate of drug-likeness (QED) is 0.402. The van der Waals surface area contributed by atoms with Crippen molar-refractivity contribution in [3.63, 3.8) is 0 Å². The van der Waals surface area contributed by atoms with Crippen molar-refractivity contribution in [2.24, 2.45) is 0 Å². The minimum Gasteiger partial charge on any atom is -0.332 e. The molecular formula is C23H14ClN3O2S. The summed E-state index contributed by atoms with van der Waals surface area (Å²) in [5.41, 5.74) is 3.85. The molecule has 2 amide bonds. The standard InChI is InChI=1S/C23H14ClN3O2S/c24-15-8-10-16(11-9-15)25-23-26-20(13-30-23)14-4-3-5-17(12-14)27-21(28)18-6-1-2-7-19(18)22(27)29/h1-13H,(H,25,26). The van der Waals surface area contributed by atoms with Gasteiger partial charge in [-0.1, -0.05) is 35.9 Å². The Hall–Kier alpha value is -3.48. The Kier molecular flexibility index (Phi) is 4.58. The Labute approximate surface area is 181 Å². The van der Waals surface area contributed by atoms with Gasteiger partial charge < -0.3 is 5.32 Å². The van der Waals surface area contributed by atoms with Crippen LogP contribution < -0.4 is 10.2 Å². The monoisotopic (exact) mass is 431 g/mol. The highest BCUT2D eigenvalue weighted by atomic mass is 35.5. The molecule has 0 bridgehead atoms. The van der Waals surface area contributed by atoms with E-state index in [0.717, 1.165) is 22.1 Å². The average Bonchev–Trinajstić information content (AvgIpc) is 3.33. The zero-order valence-electron chi connectivity index (χ0n) is 15.5. The second kappa shape index (κ2) is 7.40. The minimum absolute atomic E-state index is 0.309. The molecule has 0 unspecified atom stereocenters. The van der Waals surface area contributed by atoms with Crippen LogP contribution in [-0.4, -0.2) is 16.8 Å². The first kappa shape index (κ1) is 18.5. The zero-order valence-corrected chi connectivity index (χ0v) is 17.1. The highest BCUT2D eigenvalue weighted by Gasteiger charge is 2.36. The number of imide groups is 1. The van der Waals surface area contributed by atoms with Crippen molar-refractivity contribution >= 4 is 51.3 Å². The van der Waals surface area contributed by atoms with Crippen LogP contribution in [0.4, 0.5) is 16.5 Å². The molecule has 0 spiro atoms. The van der Waals surface area contributed by atoms with E-state index in [1.165, 1.54) is 16.2 Å². The van der Waals surface area contributed by atoms with Gasteiger partial charge >= 0.3 is 0 Å². The van der Waals surface area contributed by atoms with Crippen molar-refractivity contribution in [2.45, 2.75) is 0 Å². The number of nitrogens with one attached hydrogen (secondary N) is 1. The lowest BCUT2D eigenvalue weighted by Gasteiger charge is -2.14. The summed E-state index contributed by atoms with van der Waals surface area (Å²) in [6, 6.07) is 21.5. The summed E-state index contributed by atoms with van der Waals surface area (Å²) in [6.45, 7) is 0. The van der Waals surface area contributed by atoms with Crippen LogP contribution in [-0.2, 0) is 0 Å². The number of fused-ring (bicyclic) bond motifs is 1. The van der Waals surface area contributed by atoms with Crippen LogP contribution in [0.25, 0.3) is 11.3 Å². The molecule has 1 aliphatic rings. The summed E-state index contributed by atoms with van der Waals surface area (Å²) in [4.78, 5) is 31.4. The van der Waals surface area contributed by atoms with Crippen LogP contribution in [0, 0.1) is 0 Å². The smallest absolute Gasteiger partial charge is 0.266 e. The third kappa shape index (κ3) is 3.26. The number of aromatic nitrogens is 1. The number of anilines is 3. The molecule has 3 aromatic carbocycles. The molecule has 0 fully saturated rings. The Balaban J connectivity index is 1.42. The van der Waals surface area contributed by atoms with Crippen LogP contribution in [0.2, 0.25) is 5.02 Å². The molecule has 1 aliphatic heterocycles. The summed E-state index contributed by atoms with van der Waals surface area (Å²) in [5, 5.41) is 6.58. The van der Waals surface area contributed by atoms with E-state index >= 15 is 0 Å². The molecule has 1 aromatic heterocycles. The lowest BCUT2D eigenvalue weighted by molar-refractivity contribution is 0.0926. The number of thiazole rings is 1. The van der Waals surface area contributed by atoms with Gasteiger partial charge in [0.1, 0.15) is 0 Å². The van der Waals surface area contributed by atoms with Crippen LogP contribution in [0.3, 0.4) is 0 Å². The van der Waals surface area contributed by atoms with Crippen LogP contribution >= 0.6 is 22.9 Å². The molecule has 0 radical (unpaired) electrons. The third-order valence-corrected chi connectivity index (χ3v) is 5.80. The van der Waals surface area contributed by atoms with E-state index in [1.807, 2.05) is 47.8 Å². The largest absolute Gasteiger partial charge is 0.332 e. The summed E-state index contributed by atoms with van der Waals surface area (Å²) in [5.74, 6) is -0.618. The highest BCUT2D eigenvalue weighted by Crippen LogP contribution is 2.33. The van der Waals surface area contributed by atoms with Gasteiger partial charge in [0.25, 0.3) is 11.8 Å². The maximum atomic E-state index is 12.8. The van der Waals surface area contributed by atoms with Crippen molar-refractivity contribution < 1.29 is 9.59 Å². The zero-order chi connectivity index (χ0) is 20.7. The molecule has 1 N–H and O–H groups in total. The number of nitrogens with zero attached hydrogens (tertiary/aromatic N) is 2. The Morgan fingerprint density at radius 1 is 0.867 bits per heavy atom. The van der Waals surface area contributed by atoms with Gasteiger partial charge in [-0.05, 0) is 48.5 Å². The van der Waals surface area contributed by atoms with Crippen LogP contribution in [0.5, 0.6) is 0 Å². The Morgan fingerprint density at radius 2 is 1.57 bits per heavy atom. The third-order valence-electron chi connectivity index (χ3n) is 4.79. The minimum atomic E-state index is -0.309. The van der Waals surface area contributed by atoms with Crippen LogP contribution in [0.1, 0.15) is 20.7 Å². The molecule has 5 nitrogen and oxygen atoms in total. The molecule has 146 valence electrons. The van der Waals surface area contributed by atoms with E-state index in [-0.39, 0.29) is 11.8 Å². The predicted octanol–water partition coefficient (Wildman–Crippen LogP) is 6.01. The fourth-order valence-corrected chi connectivity index (χ4v) is 4.21. The first-order valence-corrected chi connectivity index (χ1v) is 10.4. The van der Waals surface area contributed by atoms with E-state index in [2.05, 4.69) is 10.3 Å². The number of carbonyl (C=O) groups is 2. The fraction of sp³-hybridized carbons (Fsp3) is 0. The average molecular weight is 432 g/mol. The van der Waals surface area contributed by atoms with E-state index in [9.17, 15) is 9.59 Å². The Morgan fingerprint density at radius 3 is 2.27 bits per heavy atom. The van der Waals surface area contributed by atoms with Gasteiger partial charge in [-0.2, -0.15) is 0 Å².